The smallest absolute Gasteiger partial charge is 0.302 e. The van der Waals surface area contributed by atoms with E-state index in [1.807, 2.05) is 6.92 Å². The molecule has 0 bridgehead atoms. The average Bonchev–Trinajstić information content (AvgIpc) is 3.19. The fourth-order valence-corrected chi connectivity index (χ4v) is 5.16. The van der Waals surface area contributed by atoms with Crippen LogP contribution in [0, 0.1) is 5.41 Å². The third kappa shape index (κ3) is 5.75. The summed E-state index contributed by atoms with van der Waals surface area (Å²) in [5, 5.41) is 11.6. The lowest BCUT2D eigenvalue weighted by molar-refractivity contribution is -0.143. The molecule has 1 N–H and O–H groups in total. The molecule has 8 heteroatoms. The Labute approximate surface area is 219 Å². The van der Waals surface area contributed by atoms with Crippen LogP contribution in [0.2, 0.25) is 0 Å². The van der Waals surface area contributed by atoms with Crippen LogP contribution in [-0.4, -0.2) is 60.6 Å². The Morgan fingerprint density at radius 1 is 1.24 bits per heavy atom. The second-order valence-corrected chi connectivity index (χ2v) is 10.5. The zero-order valence-corrected chi connectivity index (χ0v) is 22.8. The van der Waals surface area contributed by atoms with Crippen LogP contribution in [0.1, 0.15) is 52.0 Å². The zero-order chi connectivity index (χ0) is 26.7. The van der Waals surface area contributed by atoms with Crippen molar-refractivity contribution in [3.8, 4) is 17.0 Å². The molecule has 1 fully saturated rings. The van der Waals surface area contributed by atoms with Gasteiger partial charge in [-0.05, 0) is 50.1 Å². The number of hydrogen-bond donors (Lipinski definition) is 1. The van der Waals surface area contributed by atoms with E-state index in [9.17, 15) is 9.90 Å². The van der Waals surface area contributed by atoms with E-state index in [1.165, 1.54) is 13.1 Å². The first-order valence-corrected chi connectivity index (χ1v) is 13.0. The monoisotopic (exact) mass is 509 g/mol. The molecule has 2 aromatic heterocycles. The molecule has 0 aliphatic carbocycles. The van der Waals surface area contributed by atoms with E-state index in [-0.39, 0.29) is 23.2 Å². The molecule has 3 heterocycles. The first-order chi connectivity index (χ1) is 17.6. The molecule has 1 unspecified atom stereocenters. The van der Waals surface area contributed by atoms with Crippen LogP contribution in [0.4, 0.5) is 5.69 Å². The lowest BCUT2D eigenvalue weighted by atomic mass is 9.84. The standard InChI is InChI=1S/C29H39N3O5/c1-7-32-26-9-8-21(31-10-12-36-13-11-31)14-23(26)25(16-29(4,5)18-37-20(3)33)28(32)24-15-22(34)17-30-27(24)19(2)35-6/h8-9,14-15,17,19,34H,7,10-13,16,18H2,1-6H3. The molecule has 0 spiro atoms. The third-order valence-electron chi connectivity index (χ3n) is 7.06. The maximum absolute atomic E-state index is 11.6. The number of ether oxygens (including phenoxy) is 3. The first kappa shape index (κ1) is 26.9. The number of carbonyl (C=O) groups excluding carboxylic acids is 1. The van der Waals surface area contributed by atoms with E-state index in [4.69, 9.17) is 14.2 Å². The fraction of sp³-hybridized carbons (Fsp3) is 0.517. The summed E-state index contributed by atoms with van der Waals surface area (Å²) >= 11 is 0. The number of rotatable bonds is 9. The SMILES string of the molecule is CCn1c(-c2cc(O)cnc2C(C)OC)c(CC(C)(C)COC(C)=O)c2cc(N3CCOCC3)ccc21. The quantitative estimate of drug-likeness (QED) is 0.402. The van der Waals surface area contributed by atoms with Crippen LogP contribution in [-0.2, 0) is 32.0 Å². The molecular formula is C29H39N3O5. The van der Waals surface area contributed by atoms with Crippen LogP contribution < -0.4 is 4.90 Å². The molecular weight excluding hydrogens is 470 g/mol. The van der Waals surface area contributed by atoms with Crippen molar-refractivity contribution in [2.24, 2.45) is 5.41 Å². The minimum Gasteiger partial charge on any atom is -0.506 e. The lowest BCUT2D eigenvalue weighted by Gasteiger charge is -2.29. The van der Waals surface area contributed by atoms with Gasteiger partial charge >= 0.3 is 5.97 Å². The van der Waals surface area contributed by atoms with Gasteiger partial charge in [-0.25, -0.2) is 0 Å². The fourth-order valence-electron chi connectivity index (χ4n) is 5.16. The van der Waals surface area contributed by atoms with Crippen molar-refractivity contribution in [1.29, 1.82) is 0 Å². The maximum atomic E-state index is 11.6. The van der Waals surface area contributed by atoms with Crippen molar-refractivity contribution in [2.45, 2.75) is 53.7 Å². The van der Waals surface area contributed by atoms with Gasteiger partial charge in [0.05, 0.1) is 43.5 Å². The summed E-state index contributed by atoms with van der Waals surface area (Å²) in [6.45, 7) is 13.9. The molecule has 3 aromatic rings. The number of methoxy groups -OCH3 is 1. The Morgan fingerprint density at radius 3 is 2.62 bits per heavy atom. The summed E-state index contributed by atoms with van der Waals surface area (Å²) in [5.74, 6) is -0.179. The number of nitrogens with zero attached hydrogens (tertiary/aromatic N) is 3. The lowest BCUT2D eigenvalue weighted by Crippen LogP contribution is -2.36. The van der Waals surface area contributed by atoms with Crippen molar-refractivity contribution in [2.75, 3.05) is 44.9 Å². The molecule has 1 aliphatic rings. The Kier molecular flexibility index (Phi) is 8.09. The highest BCUT2D eigenvalue weighted by Crippen LogP contribution is 2.42. The van der Waals surface area contributed by atoms with E-state index in [0.29, 0.717) is 13.0 Å². The number of benzene rings is 1. The van der Waals surface area contributed by atoms with Crippen molar-refractivity contribution in [3.05, 3.63) is 41.7 Å². The highest BCUT2D eigenvalue weighted by molar-refractivity contribution is 5.94. The first-order valence-electron chi connectivity index (χ1n) is 13.0. The Balaban J connectivity index is 1.97. The number of morpholine rings is 1. The van der Waals surface area contributed by atoms with Gasteiger partial charge in [-0.3, -0.25) is 9.78 Å². The topological polar surface area (TPSA) is 86.1 Å². The van der Waals surface area contributed by atoms with Gasteiger partial charge in [-0.1, -0.05) is 13.8 Å². The molecule has 0 radical (unpaired) electrons. The largest absolute Gasteiger partial charge is 0.506 e. The van der Waals surface area contributed by atoms with Gasteiger partial charge in [0.25, 0.3) is 0 Å². The van der Waals surface area contributed by atoms with Crippen LogP contribution in [0.3, 0.4) is 0 Å². The minimum atomic E-state index is -0.320. The van der Waals surface area contributed by atoms with Crippen molar-refractivity contribution in [1.82, 2.24) is 9.55 Å². The Hall–Kier alpha value is -3.10. The van der Waals surface area contributed by atoms with Crippen LogP contribution in [0.15, 0.2) is 30.5 Å². The molecule has 4 rings (SSSR count). The predicted octanol–water partition coefficient (Wildman–Crippen LogP) is 5.10. The molecule has 0 amide bonds. The summed E-state index contributed by atoms with van der Waals surface area (Å²) in [7, 11) is 1.66. The zero-order valence-electron chi connectivity index (χ0n) is 22.8. The highest BCUT2D eigenvalue weighted by atomic mass is 16.5. The molecule has 8 nitrogen and oxygen atoms in total. The number of carbonyl (C=O) groups is 1. The molecule has 0 saturated carbocycles. The third-order valence-corrected chi connectivity index (χ3v) is 7.06. The number of fused-ring (bicyclic) bond motifs is 1. The van der Waals surface area contributed by atoms with Gasteiger partial charge < -0.3 is 28.8 Å². The van der Waals surface area contributed by atoms with Gasteiger partial charge in [-0.2, -0.15) is 0 Å². The van der Waals surface area contributed by atoms with Gasteiger partial charge in [0.15, 0.2) is 0 Å². The average molecular weight is 510 g/mol. The number of aromatic nitrogens is 2. The van der Waals surface area contributed by atoms with Crippen LogP contribution >= 0.6 is 0 Å². The second-order valence-electron chi connectivity index (χ2n) is 10.5. The summed E-state index contributed by atoms with van der Waals surface area (Å²) in [6.07, 6.45) is 1.88. The summed E-state index contributed by atoms with van der Waals surface area (Å²) in [4.78, 5) is 18.5. The normalized spacial score (nSPS) is 15.2. The van der Waals surface area contributed by atoms with Crippen LogP contribution in [0.5, 0.6) is 5.75 Å². The van der Waals surface area contributed by atoms with E-state index < -0.39 is 0 Å². The maximum Gasteiger partial charge on any atom is 0.302 e. The molecule has 1 atom stereocenters. The Bertz CT molecular complexity index is 1260. The van der Waals surface area contributed by atoms with E-state index in [1.54, 1.807) is 13.2 Å². The van der Waals surface area contributed by atoms with Crippen molar-refractivity contribution >= 4 is 22.6 Å². The molecule has 1 aliphatic heterocycles. The summed E-state index contributed by atoms with van der Waals surface area (Å²) in [6, 6.07) is 8.41. The molecule has 200 valence electrons. The van der Waals surface area contributed by atoms with Crippen LogP contribution in [0.25, 0.3) is 22.2 Å². The molecule has 1 saturated heterocycles. The van der Waals surface area contributed by atoms with Crippen molar-refractivity contribution in [3.63, 3.8) is 0 Å². The molecule has 1 aromatic carbocycles. The van der Waals surface area contributed by atoms with Gasteiger partial charge in [0, 0.05) is 61.2 Å². The molecule has 37 heavy (non-hydrogen) atoms. The predicted molar refractivity (Wildman–Crippen MR) is 145 cm³/mol. The number of aryl methyl sites for hydroxylation is 1. The van der Waals surface area contributed by atoms with Gasteiger partial charge in [0.2, 0.25) is 0 Å². The van der Waals surface area contributed by atoms with Gasteiger partial charge in [0.1, 0.15) is 5.75 Å². The minimum absolute atomic E-state index is 0.106. The van der Waals surface area contributed by atoms with E-state index in [2.05, 4.69) is 53.4 Å². The highest BCUT2D eigenvalue weighted by Gasteiger charge is 2.29. The number of pyridine rings is 1. The van der Waals surface area contributed by atoms with E-state index in [0.717, 1.165) is 72.0 Å². The summed E-state index contributed by atoms with van der Waals surface area (Å²) < 4.78 is 19.0. The number of anilines is 1. The second kappa shape index (κ2) is 11.1. The number of aromatic hydroxyl groups is 1. The number of hydrogen-bond acceptors (Lipinski definition) is 7. The van der Waals surface area contributed by atoms with E-state index >= 15 is 0 Å². The van der Waals surface area contributed by atoms with Gasteiger partial charge in [-0.15, -0.1) is 0 Å². The Morgan fingerprint density at radius 2 is 1.97 bits per heavy atom. The summed E-state index contributed by atoms with van der Waals surface area (Å²) in [5.41, 5.74) is 5.72. The number of esters is 1. The van der Waals surface area contributed by atoms with Crippen molar-refractivity contribution < 1.29 is 24.1 Å².